The van der Waals surface area contributed by atoms with Crippen molar-refractivity contribution in [1.82, 2.24) is 10.0 Å². The van der Waals surface area contributed by atoms with E-state index < -0.39 is 0 Å². The lowest BCUT2D eigenvalue weighted by atomic mass is 9.97. The maximum absolute atomic E-state index is 12.6. The number of carbonyl (C=O) groups is 4. The third kappa shape index (κ3) is 2.20. The quantitative estimate of drug-likeness (QED) is 0.424. The van der Waals surface area contributed by atoms with E-state index in [-0.39, 0.29) is 29.0 Å². The number of carbonyl (C=O) groups excluding carboxylic acids is 4. The topological polar surface area (TPSA) is 74.8 Å². The van der Waals surface area contributed by atoms with Crippen molar-refractivity contribution in [3.63, 3.8) is 0 Å². The summed E-state index contributed by atoms with van der Waals surface area (Å²) in [5.41, 5.74) is 0.902. The average molecular weight is 364 g/mol. The highest BCUT2D eigenvalue weighted by molar-refractivity contribution is 8.29. The van der Waals surface area contributed by atoms with E-state index in [2.05, 4.69) is 0 Å². The lowest BCUT2D eigenvalue weighted by molar-refractivity contribution is -0.145. The number of allylic oxidation sites excluding steroid dienone is 4. The van der Waals surface area contributed by atoms with Crippen LogP contribution in [0.3, 0.4) is 0 Å². The summed E-state index contributed by atoms with van der Waals surface area (Å²) < 4.78 is 0.425. The molecule has 0 saturated carbocycles. The zero-order valence-electron chi connectivity index (χ0n) is 13.8. The van der Waals surface area contributed by atoms with Crippen molar-refractivity contribution in [2.24, 2.45) is 0 Å². The van der Waals surface area contributed by atoms with E-state index in [1.54, 1.807) is 27.7 Å². The van der Waals surface area contributed by atoms with Crippen molar-refractivity contribution in [3.05, 3.63) is 30.8 Å². The van der Waals surface area contributed by atoms with Crippen LogP contribution in [0.5, 0.6) is 0 Å². The van der Waals surface area contributed by atoms with E-state index >= 15 is 0 Å². The smallest absolute Gasteiger partial charge is 0.279 e. The molecule has 8 heteroatoms. The van der Waals surface area contributed by atoms with Crippen molar-refractivity contribution in [2.75, 3.05) is 13.1 Å². The molecule has 1 saturated heterocycles. The van der Waals surface area contributed by atoms with E-state index in [9.17, 15) is 19.2 Å². The van der Waals surface area contributed by atoms with Gasteiger partial charge in [0.1, 0.15) is 5.57 Å². The Morgan fingerprint density at radius 2 is 1.12 bits per heavy atom. The molecule has 0 spiro atoms. The maximum Gasteiger partial charge on any atom is 0.279 e. The third-order valence-electron chi connectivity index (χ3n) is 4.24. The van der Waals surface area contributed by atoms with Crippen LogP contribution in [0.25, 0.3) is 0 Å². The van der Waals surface area contributed by atoms with Gasteiger partial charge in [0.05, 0.1) is 14.0 Å². The normalized spacial score (nSPS) is 21.8. The molecule has 126 valence electrons. The van der Waals surface area contributed by atoms with Crippen LogP contribution in [0.15, 0.2) is 30.8 Å². The van der Waals surface area contributed by atoms with Gasteiger partial charge in [-0.15, -0.1) is 0 Å². The summed E-state index contributed by atoms with van der Waals surface area (Å²) in [4.78, 5) is 50.6. The van der Waals surface area contributed by atoms with Crippen molar-refractivity contribution < 1.29 is 19.2 Å². The number of amides is 2. The van der Waals surface area contributed by atoms with E-state index in [0.29, 0.717) is 38.3 Å². The molecule has 0 aromatic rings. The van der Waals surface area contributed by atoms with Crippen LogP contribution in [0.2, 0.25) is 0 Å². The van der Waals surface area contributed by atoms with Crippen LogP contribution in [-0.4, -0.2) is 46.5 Å². The molecule has 0 aromatic heterocycles. The number of hydrazine groups is 1. The second-order valence-corrected chi connectivity index (χ2v) is 7.77. The second kappa shape index (κ2) is 5.93. The zero-order chi connectivity index (χ0) is 17.8. The molecule has 0 bridgehead atoms. The minimum absolute atomic E-state index is 0.0546. The predicted molar refractivity (Wildman–Crippen MR) is 92.4 cm³/mol. The largest absolute Gasteiger partial charge is 0.288 e. The number of hydrogen-bond acceptors (Lipinski definition) is 6. The highest BCUT2D eigenvalue weighted by Gasteiger charge is 2.45. The Morgan fingerprint density at radius 1 is 0.750 bits per heavy atom. The molecule has 3 aliphatic rings. The molecule has 1 aliphatic carbocycles. The predicted octanol–water partition coefficient (Wildman–Crippen LogP) is 2.00. The van der Waals surface area contributed by atoms with Gasteiger partial charge in [0.2, 0.25) is 0 Å². The fourth-order valence-corrected chi connectivity index (χ4v) is 5.46. The number of rotatable bonds is 2. The molecule has 0 unspecified atom stereocenters. The Kier molecular flexibility index (Phi) is 4.21. The lowest BCUT2D eigenvalue weighted by Gasteiger charge is -2.24. The highest BCUT2D eigenvalue weighted by atomic mass is 32.2. The first-order chi connectivity index (χ1) is 11.3. The number of nitrogens with zero attached hydrogens (tertiary/aromatic N) is 2. The van der Waals surface area contributed by atoms with Crippen molar-refractivity contribution in [1.29, 1.82) is 0 Å². The lowest BCUT2D eigenvalue weighted by Crippen LogP contribution is -2.40. The van der Waals surface area contributed by atoms with Gasteiger partial charge in [-0.1, -0.05) is 23.5 Å². The molecule has 6 nitrogen and oxygen atoms in total. The summed E-state index contributed by atoms with van der Waals surface area (Å²) in [6, 6.07) is 0. The Bertz CT molecular complexity index is 745. The van der Waals surface area contributed by atoms with E-state index in [0.717, 1.165) is 23.5 Å². The number of likely N-dealkylation sites (N-methyl/N-ethyl adjacent to an activating group) is 2. The van der Waals surface area contributed by atoms with E-state index in [4.69, 9.17) is 0 Å². The van der Waals surface area contributed by atoms with Gasteiger partial charge in [-0.25, -0.2) is 10.0 Å². The van der Waals surface area contributed by atoms with Crippen LogP contribution in [0, 0.1) is 0 Å². The fourth-order valence-electron chi connectivity index (χ4n) is 2.75. The molecule has 2 aliphatic heterocycles. The van der Waals surface area contributed by atoms with Crippen LogP contribution < -0.4 is 0 Å². The van der Waals surface area contributed by atoms with Gasteiger partial charge in [0.25, 0.3) is 11.8 Å². The number of thioether (sulfide) groups is 2. The highest BCUT2D eigenvalue weighted by Crippen LogP contribution is 2.54. The average Bonchev–Trinajstić information content (AvgIpc) is 3.09. The molecule has 0 radical (unpaired) electrons. The summed E-state index contributed by atoms with van der Waals surface area (Å²) in [5, 5.41) is 2.78. The number of Topliss-reactive ketones (excluding diaryl/α,β-unsaturated/α-hetero) is 2. The zero-order valence-corrected chi connectivity index (χ0v) is 15.4. The molecule has 1 fully saturated rings. The molecule has 2 amide bonds. The molecular formula is C16H16N2O4S2. The van der Waals surface area contributed by atoms with Gasteiger partial charge in [-0.2, -0.15) is 0 Å². The van der Waals surface area contributed by atoms with Crippen LogP contribution in [-0.2, 0) is 19.2 Å². The van der Waals surface area contributed by atoms with Crippen LogP contribution in [0.1, 0.15) is 27.7 Å². The van der Waals surface area contributed by atoms with Gasteiger partial charge < -0.3 is 0 Å². The van der Waals surface area contributed by atoms with Crippen molar-refractivity contribution in [2.45, 2.75) is 27.7 Å². The summed E-state index contributed by atoms with van der Waals surface area (Å²) >= 11 is 2.13. The Morgan fingerprint density at radius 3 is 1.46 bits per heavy atom. The first-order valence-electron chi connectivity index (χ1n) is 7.58. The van der Waals surface area contributed by atoms with Gasteiger partial charge in [0.15, 0.2) is 11.6 Å². The number of ketones is 2. The molecule has 0 atom stereocenters. The van der Waals surface area contributed by atoms with Crippen molar-refractivity contribution in [3.8, 4) is 0 Å². The van der Waals surface area contributed by atoms with E-state index in [1.807, 2.05) is 0 Å². The minimum Gasteiger partial charge on any atom is -0.288 e. The monoisotopic (exact) mass is 364 g/mol. The van der Waals surface area contributed by atoms with Crippen LogP contribution >= 0.6 is 23.5 Å². The Hall–Kier alpha value is -1.80. The van der Waals surface area contributed by atoms with Crippen molar-refractivity contribution >= 4 is 46.9 Å². The summed E-state index contributed by atoms with van der Waals surface area (Å²) in [6.45, 7) is 7.61. The summed E-state index contributed by atoms with van der Waals surface area (Å²) in [6.07, 6.45) is 0. The first-order valence-corrected chi connectivity index (χ1v) is 9.21. The van der Waals surface area contributed by atoms with Gasteiger partial charge in [-0.3, -0.25) is 19.2 Å². The minimum atomic E-state index is -0.375. The fraction of sp³-hybridized carbons (Fsp3) is 0.375. The SMILES string of the molecule is CCN1C(=O)C(=C2SC3=C(S2)C(=O)C(C)=C(C)C3=O)C(=O)N1CC. The second-order valence-electron chi connectivity index (χ2n) is 5.47. The van der Waals surface area contributed by atoms with E-state index in [1.165, 1.54) is 10.0 Å². The van der Waals surface area contributed by atoms with Gasteiger partial charge >= 0.3 is 0 Å². The molecule has 3 rings (SSSR count). The standard InChI is InChI=1S/C16H16N2O4S2/c1-5-17-14(21)9(15(22)18(17)6-2)16-23-12-10(19)7(3)8(4)11(20)13(12)24-16/h5-6H2,1-4H3. The molecule has 2 heterocycles. The molecule has 0 N–H and O–H groups in total. The van der Waals surface area contributed by atoms with Crippen LogP contribution in [0.4, 0.5) is 0 Å². The Labute approximate surface area is 148 Å². The van der Waals surface area contributed by atoms with Gasteiger partial charge in [-0.05, 0) is 27.7 Å². The summed E-state index contributed by atoms with van der Waals surface area (Å²) in [5.74, 6) is -1.15. The summed E-state index contributed by atoms with van der Waals surface area (Å²) in [7, 11) is 0. The molecule has 24 heavy (non-hydrogen) atoms. The molecule has 0 aromatic carbocycles. The first kappa shape index (κ1) is 17.0. The number of hydrogen-bond donors (Lipinski definition) is 0. The molecular weight excluding hydrogens is 348 g/mol. The maximum atomic E-state index is 12.6. The van der Waals surface area contributed by atoms with Gasteiger partial charge in [0, 0.05) is 24.2 Å². The Balaban J connectivity index is 2.02. The third-order valence-corrected chi connectivity index (χ3v) is 6.84.